The van der Waals surface area contributed by atoms with Crippen LogP contribution in [0.3, 0.4) is 0 Å². The molecule has 0 rings (SSSR count). The Balaban J connectivity index is 4.11. The van der Waals surface area contributed by atoms with E-state index in [1.165, 1.54) is 193 Å². The summed E-state index contributed by atoms with van der Waals surface area (Å²) >= 11 is 0. The molecule has 0 aliphatic carbocycles. The third kappa shape index (κ3) is 49.8. The molecule has 0 aromatic heterocycles. The molecule has 2 atom stereocenters. The Morgan fingerprint density at radius 1 is 0.492 bits per heavy atom. The van der Waals surface area contributed by atoms with E-state index < -0.39 is 13.9 Å². The lowest BCUT2D eigenvalue weighted by atomic mass is 10.1. The number of allylic oxidation sites excluding steroid dienone is 4. The molecule has 8 nitrogen and oxygen atoms in total. The van der Waals surface area contributed by atoms with E-state index in [1.54, 1.807) is 0 Å². The average molecular weight is 884 g/mol. The van der Waals surface area contributed by atoms with Crippen LogP contribution in [0.5, 0.6) is 0 Å². The number of quaternary nitrogens is 1. The maximum atomic E-state index is 12.7. The van der Waals surface area contributed by atoms with Crippen LogP contribution in [0.4, 0.5) is 0 Å². The fourth-order valence-corrected chi connectivity index (χ4v) is 8.15. The smallest absolute Gasteiger partial charge is 0.306 e. The first kappa shape index (κ1) is 60.0. The number of phosphoric ester groups is 1. The topological polar surface area (TPSA) is 94.1 Å². The second kappa shape index (κ2) is 45.5. The molecule has 0 bridgehead atoms. The largest absolute Gasteiger partial charge is 0.756 e. The van der Waals surface area contributed by atoms with Gasteiger partial charge < -0.3 is 27.9 Å². The highest BCUT2D eigenvalue weighted by atomic mass is 31.2. The van der Waals surface area contributed by atoms with Crippen LogP contribution in [0.2, 0.25) is 0 Å². The summed E-state index contributed by atoms with van der Waals surface area (Å²) in [5.74, 6) is -0.335. The molecule has 0 saturated carbocycles. The molecule has 0 radical (unpaired) electrons. The minimum atomic E-state index is -4.53. The number of likely N-dealkylation sites (N-methyl/N-ethyl adjacent to an activating group) is 1. The molecule has 9 heteroatoms. The number of ether oxygens (including phenoxy) is 2. The van der Waals surface area contributed by atoms with Crippen LogP contribution in [0, 0.1) is 0 Å². The van der Waals surface area contributed by atoms with Crippen molar-refractivity contribution in [1.29, 1.82) is 0 Å². The van der Waals surface area contributed by atoms with Gasteiger partial charge in [-0.3, -0.25) is 9.36 Å². The van der Waals surface area contributed by atoms with Crippen LogP contribution in [0.15, 0.2) is 24.3 Å². The molecule has 0 aliphatic rings. The van der Waals surface area contributed by atoms with Crippen molar-refractivity contribution in [1.82, 2.24) is 0 Å². The summed E-state index contributed by atoms with van der Waals surface area (Å²) in [4.78, 5) is 25.2. The average Bonchev–Trinajstić information content (AvgIpc) is 3.22. The Labute approximate surface area is 379 Å². The summed E-state index contributed by atoms with van der Waals surface area (Å²) in [7, 11) is 1.36. The predicted octanol–water partition coefficient (Wildman–Crippen LogP) is 15.3. The minimum Gasteiger partial charge on any atom is -0.756 e. The lowest BCUT2D eigenvalue weighted by Crippen LogP contribution is -2.37. The number of phosphoric acid groups is 1. The zero-order valence-corrected chi connectivity index (χ0v) is 42.0. The lowest BCUT2D eigenvalue weighted by molar-refractivity contribution is -0.870. The normalized spacial score (nSPS) is 13.7. The van der Waals surface area contributed by atoms with E-state index in [1.807, 2.05) is 21.1 Å². The van der Waals surface area contributed by atoms with E-state index in [2.05, 4.69) is 38.2 Å². The fraction of sp³-hybridized carbons (Fsp3) is 0.904. The Bertz CT molecular complexity index is 1030. The van der Waals surface area contributed by atoms with Gasteiger partial charge >= 0.3 is 5.97 Å². The summed E-state index contributed by atoms with van der Waals surface area (Å²) in [6.45, 7) is 5.44. The van der Waals surface area contributed by atoms with Crippen LogP contribution < -0.4 is 4.89 Å². The first-order chi connectivity index (χ1) is 29.6. The number of rotatable bonds is 49. The summed E-state index contributed by atoms with van der Waals surface area (Å²) in [5.41, 5.74) is 0. The lowest BCUT2D eigenvalue weighted by Gasteiger charge is -2.28. The maximum absolute atomic E-state index is 12.7. The van der Waals surface area contributed by atoms with Gasteiger partial charge in [-0.25, -0.2) is 0 Å². The van der Waals surface area contributed by atoms with Gasteiger partial charge in [0.15, 0.2) is 0 Å². The van der Waals surface area contributed by atoms with Gasteiger partial charge in [0.1, 0.15) is 19.3 Å². The van der Waals surface area contributed by atoms with Crippen molar-refractivity contribution < 1.29 is 37.3 Å². The SMILES string of the molecule is CCCCCCCC/C=C\CCCCCCCCCC(=O)OC(COCCCCCCCCCCCC/C=C\CCCCCCCCCC)COP(=O)([O-])OCC[N+](C)(C)C. The van der Waals surface area contributed by atoms with Crippen molar-refractivity contribution in [3.63, 3.8) is 0 Å². The Kier molecular flexibility index (Phi) is 44.8. The third-order valence-electron chi connectivity index (χ3n) is 11.5. The molecule has 0 aromatic rings. The zero-order valence-electron chi connectivity index (χ0n) is 41.1. The van der Waals surface area contributed by atoms with Gasteiger partial charge in [-0.05, 0) is 64.2 Å². The number of carbonyl (C=O) groups is 1. The summed E-state index contributed by atoms with van der Waals surface area (Å²) < 4.78 is 34.8. The van der Waals surface area contributed by atoms with Gasteiger partial charge in [0.05, 0.1) is 34.4 Å². The molecule has 362 valence electrons. The first-order valence-corrected chi connectivity index (χ1v) is 27.5. The molecule has 2 unspecified atom stereocenters. The Morgan fingerprint density at radius 2 is 0.852 bits per heavy atom. The highest BCUT2D eigenvalue weighted by molar-refractivity contribution is 7.45. The van der Waals surface area contributed by atoms with Crippen molar-refractivity contribution in [2.24, 2.45) is 0 Å². The number of unbranched alkanes of at least 4 members (excludes halogenated alkanes) is 31. The minimum absolute atomic E-state index is 0.0267. The van der Waals surface area contributed by atoms with Crippen molar-refractivity contribution >= 4 is 13.8 Å². The Morgan fingerprint density at radius 3 is 1.25 bits per heavy atom. The number of nitrogens with zero attached hydrogens (tertiary/aromatic N) is 1. The second-order valence-corrected chi connectivity index (χ2v) is 20.3. The van der Waals surface area contributed by atoms with Crippen LogP contribution in [0.1, 0.15) is 245 Å². The van der Waals surface area contributed by atoms with E-state index in [9.17, 15) is 14.3 Å². The number of esters is 1. The van der Waals surface area contributed by atoms with Gasteiger partial charge in [0, 0.05) is 13.0 Å². The van der Waals surface area contributed by atoms with Crippen LogP contribution in [-0.4, -0.2) is 70.7 Å². The van der Waals surface area contributed by atoms with Gasteiger partial charge in [-0.2, -0.15) is 0 Å². The molecule has 0 fully saturated rings. The Hall–Kier alpha value is -1.02. The fourth-order valence-electron chi connectivity index (χ4n) is 7.42. The van der Waals surface area contributed by atoms with Gasteiger partial charge in [0.2, 0.25) is 0 Å². The van der Waals surface area contributed by atoms with Crippen molar-refractivity contribution in [3.8, 4) is 0 Å². The molecular weight excluding hydrogens is 782 g/mol. The third-order valence-corrected chi connectivity index (χ3v) is 12.4. The van der Waals surface area contributed by atoms with E-state index in [0.717, 1.165) is 32.1 Å². The predicted molar refractivity (Wildman–Crippen MR) is 259 cm³/mol. The maximum Gasteiger partial charge on any atom is 0.306 e. The highest BCUT2D eigenvalue weighted by Crippen LogP contribution is 2.38. The van der Waals surface area contributed by atoms with E-state index in [-0.39, 0.29) is 25.8 Å². The van der Waals surface area contributed by atoms with E-state index >= 15 is 0 Å². The van der Waals surface area contributed by atoms with Crippen molar-refractivity contribution in [3.05, 3.63) is 24.3 Å². The molecule has 0 heterocycles. The van der Waals surface area contributed by atoms with Gasteiger partial charge in [-0.15, -0.1) is 0 Å². The summed E-state index contributed by atoms with van der Waals surface area (Å²) in [6.07, 6.45) is 53.4. The van der Waals surface area contributed by atoms with Gasteiger partial charge in [-0.1, -0.05) is 199 Å². The van der Waals surface area contributed by atoms with Crippen LogP contribution >= 0.6 is 7.82 Å². The summed E-state index contributed by atoms with van der Waals surface area (Å²) in [6, 6.07) is 0. The standard InChI is InChI=1S/C52H102NO7P/c1-6-8-10-12-14-16-18-20-22-24-25-26-27-28-30-32-34-36-38-40-42-44-47-57-49-51(50-59-61(55,56)58-48-46-53(3,4)5)60-52(54)45-43-41-39-37-35-33-31-29-23-21-19-17-15-13-11-9-7-2/h21,23-25,51H,6-20,22,26-50H2,1-5H3/b23-21-,25-24-. The van der Waals surface area contributed by atoms with Crippen LogP contribution in [-0.2, 0) is 27.9 Å². The quantitative estimate of drug-likeness (QED) is 0.0197. The van der Waals surface area contributed by atoms with E-state index in [4.69, 9.17) is 18.5 Å². The van der Waals surface area contributed by atoms with Crippen molar-refractivity contribution in [2.45, 2.75) is 251 Å². The van der Waals surface area contributed by atoms with Crippen LogP contribution in [0.25, 0.3) is 0 Å². The monoisotopic (exact) mass is 884 g/mol. The molecule has 0 aromatic carbocycles. The van der Waals surface area contributed by atoms with Crippen molar-refractivity contribution in [2.75, 3.05) is 54.1 Å². The molecule has 0 N–H and O–H groups in total. The first-order valence-electron chi connectivity index (χ1n) is 26.1. The number of carbonyl (C=O) groups excluding carboxylic acids is 1. The second-order valence-electron chi connectivity index (χ2n) is 18.9. The highest BCUT2D eigenvalue weighted by Gasteiger charge is 2.20. The zero-order chi connectivity index (χ0) is 44.8. The molecule has 0 saturated heterocycles. The summed E-state index contributed by atoms with van der Waals surface area (Å²) in [5, 5.41) is 0. The molecule has 0 aliphatic heterocycles. The molecule has 0 spiro atoms. The molecule has 61 heavy (non-hydrogen) atoms. The molecular formula is C52H102NO7P. The van der Waals surface area contributed by atoms with Gasteiger partial charge in [0.25, 0.3) is 7.82 Å². The number of hydrogen-bond acceptors (Lipinski definition) is 7. The van der Waals surface area contributed by atoms with E-state index in [0.29, 0.717) is 24.1 Å². The number of hydrogen-bond donors (Lipinski definition) is 0. The molecule has 0 amide bonds.